The maximum Gasteiger partial charge on any atom is 0.308 e. The first-order chi connectivity index (χ1) is 7.49. The van der Waals surface area contributed by atoms with Gasteiger partial charge in [0.15, 0.2) is 5.78 Å². The fourth-order valence-corrected chi connectivity index (χ4v) is 0.798. The van der Waals surface area contributed by atoms with Crippen LogP contribution in [0.1, 0.15) is 27.2 Å². The van der Waals surface area contributed by atoms with Crippen LogP contribution in [-0.2, 0) is 19.1 Å². The van der Waals surface area contributed by atoms with Crippen LogP contribution in [-0.4, -0.2) is 31.6 Å². The van der Waals surface area contributed by atoms with Crippen LogP contribution in [0.15, 0.2) is 12.2 Å². The highest BCUT2D eigenvalue weighted by Crippen LogP contribution is 2.02. The molecule has 0 amide bonds. The standard InChI is InChI=1S/C12H20O4/c1-5-10(4)12(14)16-7-6-15-8-11(13)9(2)3/h10H,2,5-8H2,1,3-4H3. The molecule has 0 heterocycles. The van der Waals surface area contributed by atoms with Crippen molar-refractivity contribution in [3.05, 3.63) is 12.2 Å². The molecule has 0 aliphatic heterocycles. The molecule has 0 saturated carbocycles. The molecular weight excluding hydrogens is 208 g/mol. The van der Waals surface area contributed by atoms with Gasteiger partial charge in [-0.3, -0.25) is 9.59 Å². The summed E-state index contributed by atoms with van der Waals surface area (Å²) in [6, 6.07) is 0. The van der Waals surface area contributed by atoms with Crippen molar-refractivity contribution in [2.75, 3.05) is 19.8 Å². The minimum Gasteiger partial charge on any atom is -0.463 e. The molecule has 0 aromatic rings. The van der Waals surface area contributed by atoms with Gasteiger partial charge in [0.05, 0.1) is 12.5 Å². The Hall–Kier alpha value is -1.16. The van der Waals surface area contributed by atoms with Gasteiger partial charge in [-0.1, -0.05) is 20.4 Å². The minimum absolute atomic E-state index is 0.00375. The summed E-state index contributed by atoms with van der Waals surface area (Å²) in [5.41, 5.74) is 0.469. The smallest absolute Gasteiger partial charge is 0.308 e. The summed E-state index contributed by atoms with van der Waals surface area (Å²) in [5, 5.41) is 0. The zero-order valence-electron chi connectivity index (χ0n) is 10.2. The van der Waals surface area contributed by atoms with Crippen LogP contribution in [0.3, 0.4) is 0 Å². The lowest BCUT2D eigenvalue weighted by molar-refractivity contribution is -0.149. The van der Waals surface area contributed by atoms with Crippen LogP contribution in [0.4, 0.5) is 0 Å². The lowest BCUT2D eigenvalue weighted by Crippen LogP contribution is -2.18. The average molecular weight is 228 g/mol. The molecule has 0 aromatic carbocycles. The van der Waals surface area contributed by atoms with Crippen molar-refractivity contribution in [3.8, 4) is 0 Å². The largest absolute Gasteiger partial charge is 0.463 e. The first kappa shape index (κ1) is 14.8. The molecule has 0 bridgehead atoms. The van der Waals surface area contributed by atoms with Gasteiger partial charge < -0.3 is 9.47 Å². The topological polar surface area (TPSA) is 52.6 Å². The number of Topliss-reactive ketones (excluding diaryl/α,β-unsaturated/α-hetero) is 1. The zero-order valence-corrected chi connectivity index (χ0v) is 10.2. The third-order valence-corrected chi connectivity index (χ3v) is 2.20. The number of esters is 1. The van der Waals surface area contributed by atoms with Gasteiger partial charge in [0.1, 0.15) is 13.2 Å². The van der Waals surface area contributed by atoms with Crippen LogP contribution < -0.4 is 0 Å². The number of rotatable bonds is 8. The highest BCUT2D eigenvalue weighted by molar-refractivity contribution is 5.95. The van der Waals surface area contributed by atoms with E-state index >= 15 is 0 Å². The Kier molecular flexibility index (Phi) is 7.46. The summed E-state index contributed by atoms with van der Waals surface area (Å²) < 4.78 is 9.97. The molecule has 1 unspecified atom stereocenters. The van der Waals surface area contributed by atoms with Gasteiger partial charge in [-0.25, -0.2) is 0 Å². The van der Waals surface area contributed by atoms with Crippen LogP contribution in [0.2, 0.25) is 0 Å². The summed E-state index contributed by atoms with van der Waals surface area (Å²) in [6.45, 7) is 9.29. The van der Waals surface area contributed by atoms with E-state index in [0.29, 0.717) is 5.57 Å². The van der Waals surface area contributed by atoms with Crippen molar-refractivity contribution in [3.63, 3.8) is 0 Å². The van der Waals surface area contributed by atoms with Gasteiger partial charge >= 0.3 is 5.97 Å². The number of hydrogen-bond donors (Lipinski definition) is 0. The van der Waals surface area contributed by atoms with Gasteiger partial charge in [-0.05, 0) is 18.9 Å². The number of ketones is 1. The lowest BCUT2D eigenvalue weighted by atomic mass is 10.1. The summed E-state index contributed by atoms with van der Waals surface area (Å²) in [7, 11) is 0. The van der Waals surface area contributed by atoms with Crippen molar-refractivity contribution in [2.24, 2.45) is 5.92 Å². The van der Waals surface area contributed by atoms with Crippen molar-refractivity contribution < 1.29 is 19.1 Å². The molecule has 0 N–H and O–H groups in total. The highest BCUT2D eigenvalue weighted by atomic mass is 16.6. The van der Waals surface area contributed by atoms with Crippen molar-refractivity contribution >= 4 is 11.8 Å². The molecule has 0 fully saturated rings. The monoisotopic (exact) mass is 228 g/mol. The highest BCUT2D eigenvalue weighted by Gasteiger charge is 2.11. The van der Waals surface area contributed by atoms with E-state index in [9.17, 15) is 9.59 Å². The third-order valence-electron chi connectivity index (χ3n) is 2.20. The number of ether oxygens (including phenoxy) is 2. The maximum atomic E-state index is 11.2. The number of carbonyl (C=O) groups excluding carboxylic acids is 2. The summed E-state index contributed by atoms with van der Waals surface area (Å²) >= 11 is 0. The van der Waals surface area contributed by atoms with Crippen LogP contribution in [0, 0.1) is 5.92 Å². The Morgan fingerprint density at radius 2 is 1.94 bits per heavy atom. The van der Waals surface area contributed by atoms with Crippen LogP contribution in [0.25, 0.3) is 0 Å². The predicted molar refractivity (Wildman–Crippen MR) is 61.1 cm³/mol. The van der Waals surface area contributed by atoms with E-state index in [1.54, 1.807) is 6.92 Å². The molecule has 0 radical (unpaired) electrons. The summed E-state index contributed by atoms with van der Waals surface area (Å²) in [6.07, 6.45) is 0.758. The molecule has 1 atom stereocenters. The van der Waals surface area contributed by atoms with E-state index in [4.69, 9.17) is 9.47 Å². The van der Waals surface area contributed by atoms with Crippen molar-refractivity contribution in [2.45, 2.75) is 27.2 Å². The molecule has 0 saturated heterocycles. The molecule has 92 valence electrons. The van der Waals surface area contributed by atoms with Gasteiger partial charge in [-0.2, -0.15) is 0 Å². The van der Waals surface area contributed by atoms with Crippen molar-refractivity contribution in [1.82, 2.24) is 0 Å². The average Bonchev–Trinajstić information content (AvgIpc) is 2.26. The summed E-state index contributed by atoms with van der Waals surface area (Å²) in [5.74, 6) is -0.442. The molecule has 0 rings (SSSR count). The minimum atomic E-state index is -0.225. The Morgan fingerprint density at radius 1 is 1.31 bits per heavy atom. The van der Waals surface area contributed by atoms with Crippen LogP contribution >= 0.6 is 0 Å². The Labute approximate surface area is 96.6 Å². The Balaban J connectivity index is 3.51. The fourth-order valence-electron chi connectivity index (χ4n) is 0.798. The van der Waals surface area contributed by atoms with E-state index in [-0.39, 0.29) is 37.5 Å². The second kappa shape index (κ2) is 8.05. The van der Waals surface area contributed by atoms with E-state index in [1.165, 1.54) is 0 Å². The molecule has 0 aliphatic carbocycles. The van der Waals surface area contributed by atoms with E-state index in [2.05, 4.69) is 6.58 Å². The molecular formula is C12H20O4. The normalized spacial score (nSPS) is 11.9. The third kappa shape index (κ3) is 6.35. The molecule has 0 spiro atoms. The van der Waals surface area contributed by atoms with Gasteiger partial charge in [-0.15, -0.1) is 0 Å². The molecule has 4 heteroatoms. The first-order valence-corrected chi connectivity index (χ1v) is 5.42. The van der Waals surface area contributed by atoms with Gasteiger partial charge in [0.25, 0.3) is 0 Å². The fraction of sp³-hybridized carbons (Fsp3) is 0.667. The second-order valence-corrected chi connectivity index (χ2v) is 3.73. The number of carbonyl (C=O) groups is 2. The van der Waals surface area contributed by atoms with Gasteiger partial charge in [0, 0.05) is 0 Å². The SMILES string of the molecule is C=C(C)C(=O)COCCOC(=O)C(C)CC. The van der Waals surface area contributed by atoms with Crippen molar-refractivity contribution in [1.29, 1.82) is 0 Å². The van der Waals surface area contributed by atoms with E-state index in [1.807, 2.05) is 13.8 Å². The predicted octanol–water partition coefficient (Wildman–Crippen LogP) is 1.74. The zero-order chi connectivity index (χ0) is 12.6. The maximum absolute atomic E-state index is 11.2. The molecule has 4 nitrogen and oxygen atoms in total. The Morgan fingerprint density at radius 3 is 2.44 bits per heavy atom. The first-order valence-electron chi connectivity index (χ1n) is 5.42. The second-order valence-electron chi connectivity index (χ2n) is 3.73. The molecule has 16 heavy (non-hydrogen) atoms. The van der Waals surface area contributed by atoms with E-state index in [0.717, 1.165) is 6.42 Å². The quantitative estimate of drug-likeness (QED) is 0.361. The lowest BCUT2D eigenvalue weighted by Gasteiger charge is -2.09. The molecule has 0 aliphatic rings. The van der Waals surface area contributed by atoms with Gasteiger partial charge in [0.2, 0.25) is 0 Å². The number of hydrogen-bond acceptors (Lipinski definition) is 4. The summed E-state index contributed by atoms with van der Waals surface area (Å²) in [4.78, 5) is 22.3. The van der Waals surface area contributed by atoms with Crippen LogP contribution in [0.5, 0.6) is 0 Å². The Bertz CT molecular complexity index is 258. The van der Waals surface area contributed by atoms with E-state index < -0.39 is 0 Å². The molecule has 0 aromatic heterocycles.